The van der Waals surface area contributed by atoms with Gasteiger partial charge in [-0.3, -0.25) is 0 Å². The van der Waals surface area contributed by atoms with E-state index in [2.05, 4.69) is 0 Å². The van der Waals surface area contributed by atoms with Gasteiger partial charge in [-0.05, 0) is 32.0 Å². The number of benzene rings is 1. The second kappa shape index (κ2) is 4.93. The lowest BCUT2D eigenvalue weighted by Gasteiger charge is -2.12. The van der Waals surface area contributed by atoms with Crippen molar-refractivity contribution in [2.45, 2.75) is 24.8 Å². The molecule has 1 aromatic rings. The lowest BCUT2D eigenvalue weighted by molar-refractivity contribution is 0.0696. The highest BCUT2D eigenvalue weighted by Gasteiger charge is 2.20. The minimum Gasteiger partial charge on any atom is -0.490 e. The van der Waals surface area contributed by atoms with Crippen LogP contribution < -0.4 is 4.74 Å². The van der Waals surface area contributed by atoms with E-state index in [9.17, 15) is 13.2 Å². The third-order valence-corrected chi connectivity index (χ3v) is 3.16. The van der Waals surface area contributed by atoms with Gasteiger partial charge in [-0.25, -0.2) is 13.2 Å². The molecule has 0 radical (unpaired) electrons. The van der Waals surface area contributed by atoms with Crippen LogP contribution in [0.15, 0.2) is 23.1 Å². The summed E-state index contributed by atoms with van der Waals surface area (Å²) in [6.07, 6.45) is -0.247. The zero-order chi connectivity index (χ0) is 13.2. The highest BCUT2D eigenvalue weighted by Crippen LogP contribution is 2.28. The van der Waals surface area contributed by atoms with E-state index in [0.29, 0.717) is 0 Å². The van der Waals surface area contributed by atoms with Crippen molar-refractivity contribution < 1.29 is 23.1 Å². The van der Waals surface area contributed by atoms with Crippen LogP contribution in [0.2, 0.25) is 0 Å². The largest absolute Gasteiger partial charge is 0.490 e. The summed E-state index contributed by atoms with van der Waals surface area (Å²) in [5.41, 5.74) is -0.166. The number of aromatic carboxylic acids is 1. The molecule has 5 nitrogen and oxygen atoms in total. The molecule has 0 fully saturated rings. The van der Waals surface area contributed by atoms with Crippen LogP contribution >= 0.6 is 10.7 Å². The molecule has 0 amide bonds. The summed E-state index contributed by atoms with van der Waals surface area (Å²) in [6, 6.07) is 3.51. The molecule has 94 valence electrons. The maximum absolute atomic E-state index is 11.3. The van der Waals surface area contributed by atoms with Crippen LogP contribution in [0.5, 0.6) is 5.75 Å². The fraction of sp³-hybridized carbons (Fsp3) is 0.300. The Bertz CT molecular complexity index is 536. The molecule has 0 atom stereocenters. The summed E-state index contributed by atoms with van der Waals surface area (Å²) < 4.78 is 27.9. The molecule has 0 aliphatic carbocycles. The first-order valence-electron chi connectivity index (χ1n) is 4.70. The van der Waals surface area contributed by atoms with Crippen LogP contribution in [0, 0.1) is 0 Å². The summed E-state index contributed by atoms with van der Waals surface area (Å²) in [5, 5.41) is 8.77. The number of carboxylic acids is 1. The Balaban J connectivity index is 3.37. The highest BCUT2D eigenvalue weighted by atomic mass is 35.7. The van der Waals surface area contributed by atoms with E-state index in [-0.39, 0.29) is 22.3 Å². The van der Waals surface area contributed by atoms with Crippen molar-refractivity contribution in [1.29, 1.82) is 0 Å². The zero-order valence-corrected chi connectivity index (χ0v) is 10.7. The van der Waals surface area contributed by atoms with Gasteiger partial charge in [0.1, 0.15) is 10.6 Å². The van der Waals surface area contributed by atoms with Gasteiger partial charge in [-0.1, -0.05) is 0 Å². The molecule has 0 saturated heterocycles. The third-order valence-electron chi connectivity index (χ3n) is 1.82. The van der Waals surface area contributed by atoms with Crippen molar-refractivity contribution >= 4 is 25.7 Å². The molecule has 0 bridgehead atoms. The van der Waals surface area contributed by atoms with E-state index in [0.717, 1.165) is 6.07 Å². The van der Waals surface area contributed by atoms with Crippen LogP contribution in [0.4, 0.5) is 0 Å². The number of hydrogen-bond donors (Lipinski definition) is 1. The van der Waals surface area contributed by atoms with Gasteiger partial charge in [0.05, 0.1) is 11.7 Å². The number of halogens is 1. The Labute approximate surface area is 103 Å². The van der Waals surface area contributed by atoms with E-state index in [1.165, 1.54) is 12.1 Å². The predicted octanol–water partition coefficient (Wildman–Crippen LogP) is 2.10. The molecule has 7 heteroatoms. The first-order valence-corrected chi connectivity index (χ1v) is 7.01. The third kappa shape index (κ3) is 3.61. The Morgan fingerprint density at radius 3 is 2.41 bits per heavy atom. The van der Waals surface area contributed by atoms with Crippen molar-refractivity contribution in [3.63, 3.8) is 0 Å². The van der Waals surface area contributed by atoms with Crippen LogP contribution in [-0.4, -0.2) is 25.6 Å². The molecule has 0 aliphatic heterocycles. The monoisotopic (exact) mass is 278 g/mol. The topological polar surface area (TPSA) is 80.7 Å². The normalized spacial score (nSPS) is 11.5. The summed E-state index contributed by atoms with van der Waals surface area (Å²) in [7, 11) is 1.17. The van der Waals surface area contributed by atoms with Gasteiger partial charge in [-0.2, -0.15) is 0 Å². The van der Waals surface area contributed by atoms with Crippen molar-refractivity contribution in [3.8, 4) is 5.75 Å². The van der Waals surface area contributed by atoms with Gasteiger partial charge < -0.3 is 9.84 Å². The molecule has 1 aromatic carbocycles. The van der Waals surface area contributed by atoms with Gasteiger partial charge in [-0.15, -0.1) is 0 Å². The standard InChI is InChI=1S/C10H11ClO5S/c1-6(2)16-8-4-3-7(10(12)13)5-9(8)17(11,14)15/h3-6H,1-2H3,(H,12,13). The maximum atomic E-state index is 11.3. The minimum atomic E-state index is -4.05. The molecular formula is C10H11ClO5S. The minimum absolute atomic E-state index is 0.0417. The van der Waals surface area contributed by atoms with Crippen molar-refractivity contribution in [1.82, 2.24) is 0 Å². The highest BCUT2D eigenvalue weighted by molar-refractivity contribution is 8.13. The fourth-order valence-electron chi connectivity index (χ4n) is 1.18. The Kier molecular flexibility index (Phi) is 4.00. The second-order valence-corrected chi connectivity index (χ2v) is 6.11. The average molecular weight is 279 g/mol. The van der Waals surface area contributed by atoms with Crippen molar-refractivity contribution in [2.24, 2.45) is 0 Å². The van der Waals surface area contributed by atoms with E-state index < -0.39 is 15.0 Å². The quantitative estimate of drug-likeness (QED) is 0.853. The molecular weight excluding hydrogens is 268 g/mol. The number of carbonyl (C=O) groups is 1. The molecule has 0 aliphatic rings. The Hall–Kier alpha value is -1.27. The molecule has 0 spiro atoms. The number of ether oxygens (including phenoxy) is 1. The Morgan fingerprint density at radius 2 is 2.00 bits per heavy atom. The van der Waals surface area contributed by atoms with Gasteiger partial charge in [0.25, 0.3) is 9.05 Å². The fourth-order valence-corrected chi connectivity index (χ4v) is 2.17. The molecule has 0 heterocycles. The predicted molar refractivity (Wildman–Crippen MR) is 62.2 cm³/mol. The molecule has 0 unspecified atom stereocenters. The van der Waals surface area contributed by atoms with Gasteiger partial charge >= 0.3 is 5.97 Å². The van der Waals surface area contributed by atoms with E-state index in [4.69, 9.17) is 20.5 Å². The maximum Gasteiger partial charge on any atom is 0.335 e. The molecule has 0 saturated carbocycles. The number of carboxylic acid groups (broad SMARTS) is 1. The van der Waals surface area contributed by atoms with Crippen LogP contribution in [-0.2, 0) is 9.05 Å². The first-order chi connectivity index (χ1) is 7.71. The number of hydrogen-bond acceptors (Lipinski definition) is 4. The van der Waals surface area contributed by atoms with Crippen molar-refractivity contribution in [3.05, 3.63) is 23.8 Å². The molecule has 1 N–H and O–H groups in total. The molecule has 17 heavy (non-hydrogen) atoms. The van der Waals surface area contributed by atoms with E-state index in [1.807, 2.05) is 0 Å². The van der Waals surface area contributed by atoms with Crippen LogP contribution in [0.3, 0.4) is 0 Å². The number of rotatable bonds is 4. The van der Waals surface area contributed by atoms with E-state index in [1.54, 1.807) is 13.8 Å². The summed E-state index contributed by atoms with van der Waals surface area (Å²) >= 11 is 0. The first kappa shape index (κ1) is 13.8. The summed E-state index contributed by atoms with van der Waals surface area (Å²) in [5.74, 6) is -1.19. The van der Waals surface area contributed by atoms with Crippen LogP contribution in [0.1, 0.15) is 24.2 Å². The Morgan fingerprint density at radius 1 is 1.41 bits per heavy atom. The zero-order valence-electron chi connectivity index (χ0n) is 9.18. The smallest absolute Gasteiger partial charge is 0.335 e. The second-order valence-electron chi connectivity index (χ2n) is 3.57. The SMILES string of the molecule is CC(C)Oc1ccc(C(=O)O)cc1S(=O)(=O)Cl. The summed E-state index contributed by atoms with van der Waals surface area (Å²) in [4.78, 5) is 10.4. The van der Waals surface area contributed by atoms with Gasteiger partial charge in [0, 0.05) is 10.7 Å². The van der Waals surface area contributed by atoms with Crippen molar-refractivity contribution in [2.75, 3.05) is 0 Å². The lowest BCUT2D eigenvalue weighted by atomic mass is 10.2. The van der Waals surface area contributed by atoms with E-state index >= 15 is 0 Å². The van der Waals surface area contributed by atoms with Gasteiger partial charge in [0.2, 0.25) is 0 Å². The van der Waals surface area contributed by atoms with Gasteiger partial charge in [0.15, 0.2) is 0 Å². The average Bonchev–Trinajstić information content (AvgIpc) is 2.15. The lowest BCUT2D eigenvalue weighted by Crippen LogP contribution is -2.09. The van der Waals surface area contributed by atoms with Crippen LogP contribution in [0.25, 0.3) is 0 Å². The molecule has 0 aromatic heterocycles. The summed E-state index contributed by atoms with van der Waals surface area (Å²) in [6.45, 7) is 3.44. The molecule has 1 rings (SSSR count).